The number of rotatable bonds is 47. The van der Waals surface area contributed by atoms with Gasteiger partial charge in [-0.15, -0.1) is 0 Å². The van der Waals surface area contributed by atoms with Crippen LogP contribution in [0.3, 0.4) is 0 Å². The summed E-state index contributed by atoms with van der Waals surface area (Å²) in [5.74, 6) is -0.920. The summed E-state index contributed by atoms with van der Waals surface area (Å²) in [5.41, 5.74) is 0. The molecule has 0 aromatic carbocycles. The molecule has 7 N–H and O–H groups in total. The number of carbonyl (C=O) groups excluding carboxylic acids is 2. The maximum atomic E-state index is 13.0. The maximum absolute atomic E-state index is 13.0. The van der Waals surface area contributed by atoms with E-state index < -0.39 is 92.7 Å². The Morgan fingerprint density at radius 2 is 0.792 bits per heavy atom. The Kier molecular flexibility index (Phi) is 40.9. The van der Waals surface area contributed by atoms with E-state index in [2.05, 4.69) is 26.0 Å². The summed E-state index contributed by atoms with van der Waals surface area (Å²) in [6.45, 7) is 2.62. The Balaban J connectivity index is 1.72. The van der Waals surface area contributed by atoms with Crippen molar-refractivity contribution in [2.24, 2.45) is 0 Å². The van der Waals surface area contributed by atoms with Crippen LogP contribution in [0.5, 0.6) is 0 Å². The van der Waals surface area contributed by atoms with E-state index in [-0.39, 0.29) is 26.1 Å². The van der Waals surface area contributed by atoms with Crippen molar-refractivity contribution in [3.05, 3.63) is 12.2 Å². The van der Waals surface area contributed by atoms with Gasteiger partial charge in [-0.3, -0.25) is 9.59 Å². The van der Waals surface area contributed by atoms with Gasteiger partial charge in [0.05, 0.1) is 19.8 Å². The third-order valence-corrected chi connectivity index (χ3v) is 14.2. The molecule has 0 aromatic rings. The smallest absolute Gasteiger partial charge is 0.306 e. The minimum atomic E-state index is -1.76. The predicted octanol–water partition coefficient (Wildman–Crippen LogP) is 9.72. The summed E-state index contributed by atoms with van der Waals surface area (Å²) in [7, 11) is 0. The number of unbranched alkanes of at least 4 members (excludes halogenated alkanes) is 31. The van der Waals surface area contributed by atoms with Gasteiger partial charge < -0.3 is 64.2 Å². The minimum Gasteiger partial charge on any atom is -0.462 e. The van der Waals surface area contributed by atoms with E-state index >= 15 is 0 Å². The first-order valence-electron chi connectivity index (χ1n) is 29.3. The lowest BCUT2D eigenvalue weighted by Crippen LogP contribution is -2.61. The number of aliphatic hydroxyl groups excluding tert-OH is 7. The fourth-order valence-corrected chi connectivity index (χ4v) is 9.45. The van der Waals surface area contributed by atoms with Crippen LogP contribution in [-0.2, 0) is 38.0 Å². The number of esters is 2. The summed E-state index contributed by atoms with van der Waals surface area (Å²) < 4.78 is 33.7. The molecular formula is C57H106O15. The molecule has 0 aromatic heterocycles. The van der Waals surface area contributed by atoms with Crippen molar-refractivity contribution in [2.45, 2.75) is 313 Å². The summed E-state index contributed by atoms with van der Waals surface area (Å²) in [6, 6.07) is 0. The molecule has 2 aliphatic rings. The molecular weight excluding hydrogens is 925 g/mol. The van der Waals surface area contributed by atoms with E-state index in [1.807, 2.05) is 0 Å². The highest BCUT2D eigenvalue weighted by molar-refractivity contribution is 5.70. The fraction of sp³-hybridized carbons (Fsp3) is 0.930. The van der Waals surface area contributed by atoms with E-state index in [0.717, 1.165) is 57.8 Å². The third kappa shape index (κ3) is 31.3. The number of hydrogen-bond acceptors (Lipinski definition) is 15. The number of aliphatic hydroxyl groups is 7. The predicted molar refractivity (Wildman–Crippen MR) is 280 cm³/mol. The molecule has 2 fully saturated rings. The van der Waals surface area contributed by atoms with Gasteiger partial charge in [-0.1, -0.05) is 206 Å². The highest BCUT2D eigenvalue weighted by Crippen LogP contribution is 2.27. The van der Waals surface area contributed by atoms with Crippen molar-refractivity contribution in [3.8, 4) is 0 Å². The second kappa shape index (κ2) is 44.4. The molecule has 72 heavy (non-hydrogen) atoms. The van der Waals surface area contributed by atoms with E-state index in [4.69, 9.17) is 28.4 Å². The molecule has 0 radical (unpaired) electrons. The SMILES string of the molecule is CCCCCCC/C=C\CCCCCCCC(=O)OC(COC(=O)CCCCCCCCCCCCCCCCCCCCCCCC)COC1OC(COC2OC(CO)C(O)C(O)C2O)C(O)C(O)C1O. The van der Waals surface area contributed by atoms with Crippen LogP contribution in [0.15, 0.2) is 12.2 Å². The topological polar surface area (TPSA) is 231 Å². The molecule has 0 bridgehead atoms. The van der Waals surface area contributed by atoms with Gasteiger partial charge in [0.15, 0.2) is 18.7 Å². The Hall–Kier alpha value is -1.76. The molecule has 11 atom stereocenters. The number of ether oxygens (including phenoxy) is 6. The molecule has 0 spiro atoms. The summed E-state index contributed by atoms with van der Waals surface area (Å²) in [6.07, 6.45) is 29.5. The number of hydrogen-bond donors (Lipinski definition) is 7. The molecule has 2 saturated heterocycles. The van der Waals surface area contributed by atoms with Gasteiger partial charge in [-0.05, 0) is 38.5 Å². The second-order valence-corrected chi connectivity index (χ2v) is 20.8. The van der Waals surface area contributed by atoms with Crippen molar-refractivity contribution in [1.82, 2.24) is 0 Å². The van der Waals surface area contributed by atoms with Crippen LogP contribution in [0.4, 0.5) is 0 Å². The number of carbonyl (C=O) groups is 2. The van der Waals surface area contributed by atoms with E-state index in [0.29, 0.717) is 12.8 Å². The minimum absolute atomic E-state index is 0.159. The summed E-state index contributed by atoms with van der Waals surface area (Å²) in [4.78, 5) is 25.9. The van der Waals surface area contributed by atoms with E-state index in [9.17, 15) is 45.3 Å². The van der Waals surface area contributed by atoms with Crippen LogP contribution < -0.4 is 0 Å². The van der Waals surface area contributed by atoms with Gasteiger partial charge in [0, 0.05) is 12.8 Å². The lowest BCUT2D eigenvalue weighted by atomic mass is 9.98. The summed E-state index contributed by atoms with van der Waals surface area (Å²) >= 11 is 0. The van der Waals surface area contributed by atoms with Crippen LogP contribution in [0.1, 0.15) is 245 Å². The average molecular weight is 1030 g/mol. The maximum Gasteiger partial charge on any atom is 0.306 e. The zero-order valence-corrected chi connectivity index (χ0v) is 45.2. The van der Waals surface area contributed by atoms with Crippen LogP contribution in [-0.4, -0.2) is 142 Å². The molecule has 2 aliphatic heterocycles. The molecule has 424 valence electrons. The van der Waals surface area contributed by atoms with Crippen molar-refractivity contribution < 1.29 is 73.8 Å². The van der Waals surface area contributed by atoms with Gasteiger partial charge in [0.1, 0.15) is 55.4 Å². The van der Waals surface area contributed by atoms with Crippen molar-refractivity contribution >= 4 is 11.9 Å². The van der Waals surface area contributed by atoms with Crippen LogP contribution in [0, 0.1) is 0 Å². The molecule has 15 nitrogen and oxygen atoms in total. The van der Waals surface area contributed by atoms with Gasteiger partial charge >= 0.3 is 11.9 Å². The number of allylic oxidation sites excluding steroid dienone is 2. The molecule has 2 heterocycles. The lowest BCUT2D eigenvalue weighted by molar-refractivity contribution is -0.332. The van der Waals surface area contributed by atoms with Crippen molar-refractivity contribution in [1.29, 1.82) is 0 Å². The largest absolute Gasteiger partial charge is 0.462 e. The zero-order chi connectivity index (χ0) is 52.4. The Bertz CT molecular complexity index is 1300. The van der Waals surface area contributed by atoms with Gasteiger partial charge in [0.2, 0.25) is 0 Å². The Labute approximate surface area is 435 Å². The standard InChI is InChI=1S/C57H106O15/c1-3-5-7-9-11-13-15-17-19-20-21-22-23-24-25-26-28-29-31-33-35-37-39-48(59)67-42-45(70-49(60)40-38-36-34-32-30-27-18-16-14-12-10-8-6-4-2)43-68-56-55(66)53(64)51(62)47(72-56)44-69-57-54(65)52(63)50(61)46(41-58)71-57/h16,18,45-47,50-58,61-66H,3-15,17,19-44H2,1-2H3/b18-16-. The van der Waals surface area contributed by atoms with E-state index in [1.165, 1.54) is 148 Å². The molecule has 0 saturated carbocycles. The lowest BCUT2D eigenvalue weighted by Gasteiger charge is -2.42. The van der Waals surface area contributed by atoms with Gasteiger partial charge in [0.25, 0.3) is 0 Å². The van der Waals surface area contributed by atoms with Crippen LogP contribution in [0.25, 0.3) is 0 Å². The average Bonchev–Trinajstić information content (AvgIpc) is 3.37. The molecule has 0 amide bonds. The van der Waals surface area contributed by atoms with Crippen LogP contribution in [0.2, 0.25) is 0 Å². The first-order valence-corrected chi connectivity index (χ1v) is 29.3. The second-order valence-electron chi connectivity index (χ2n) is 20.8. The van der Waals surface area contributed by atoms with Crippen molar-refractivity contribution in [3.63, 3.8) is 0 Å². The highest BCUT2D eigenvalue weighted by Gasteiger charge is 2.47. The molecule has 15 heteroatoms. The first kappa shape index (κ1) is 66.4. The van der Waals surface area contributed by atoms with Crippen LogP contribution >= 0.6 is 0 Å². The first-order chi connectivity index (χ1) is 35.0. The quantitative estimate of drug-likeness (QED) is 0.0171. The Morgan fingerprint density at radius 3 is 1.22 bits per heavy atom. The monoisotopic (exact) mass is 1030 g/mol. The highest BCUT2D eigenvalue weighted by atomic mass is 16.7. The normalized spacial score (nSPS) is 25.0. The third-order valence-electron chi connectivity index (χ3n) is 14.2. The molecule has 0 aliphatic carbocycles. The summed E-state index contributed by atoms with van der Waals surface area (Å²) in [5, 5.41) is 72.2. The van der Waals surface area contributed by atoms with E-state index in [1.54, 1.807) is 0 Å². The van der Waals surface area contributed by atoms with Gasteiger partial charge in [-0.2, -0.15) is 0 Å². The zero-order valence-electron chi connectivity index (χ0n) is 45.2. The van der Waals surface area contributed by atoms with Crippen molar-refractivity contribution in [2.75, 3.05) is 26.4 Å². The molecule has 2 rings (SSSR count). The van der Waals surface area contributed by atoms with Gasteiger partial charge in [-0.25, -0.2) is 0 Å². The fourth-order valence-electron chi connectivity index (χ4n) is 9.45. The Morgan fingerprint density at radius 1 is 0.431 bits per heavy atom. The molecule has 11 unspecified atom stereocenters.